The highest BCUT2D eigenvalue weighted by atomic mass is 79.9. The normalized spacial score (nSPS) is 11.3. The number of rotatable bonds is 5. The molecule has 0 aliphatic heterocycles. The minimum atomic E-state index is -0.449. The van der Waals surface area contributed by atoms with E-state index in [1.165, 1.54) is 23.5 Å². The second-order valence-electron chi connectivity index (χ2n) is 6.22. The number of aromatic nitrogens is 3. The van der Waals surface area contributed by atoms with Crippen LogP contribution in [-0.2, 0) is 0 Å². The first-order chi connectivity index (χ1) is 14.5. The molecule has 0 saturated carbocycles. The first-order valence-corrected chi connectivity index (χ1v) is 10.3. The highest BCUT2D eigenvalue weighted by Gasteiger charge is 2.14. The van der Waals surface area contributed by atoms with Crippen LogP contribution in [0.2, 0.25) is 0 Å². The van der Waals surface area contributed by atoms with E-state index in [9.17, 15) is 15.4 Å². The lowest BCUT2D eigenvalue weighted by molar-refractivity contribution is -0.384. The number of non-ortho nitro benzene ring substituents is 1. The van der Waals surface area contributed by atoms with E-state index in [1.807, 2.05) is 29.6 Å². The van der Waals surface area contributed by atoms with Crippen LogP contribution in [0.25, 0.3) is 34.2 Å². The van der Waals surface area contributed by atoms with Crippen molar-refractivity contribution in [2.24, 2.45) is 0 Å². The summed E-state index contributed by atoms with van der Waals surface area (Å²) in [5.74, 6) is 0. The molecular formula is C21H12BrN5O2S. The van der Waals surface area contributed by atoms with Crippen molar-refractivity contribution in [3.63, 3.8) is 0 Å². The molecule has 0 aliphatic carbocycles. The van der Waals surface area contributed by atoms with Gasteiger partial charge in [-0.25, -0.2) is 4.98 Å². The van der Waals surface area contributed by atoms with Crippen molar-refractivity contribution in [3.05, 3.63) is 85.3 Å². The van der Waals surface area contributed by atoms with Crippen molar-refractivity contribution in [2.75, 3.05) is 0 Å². The van der Waals surface area contributed by atoms with Crippen molar-refractivity contribution in [1.29, 1.82) is 5.26 Å². The van der Waals surface area contributed by atoms with Gasteiger partial charge in [-0.3, -0.25) is 15.2 Å². The van der Waals surface area contributed by atoms with E-state index < -0.39 is 4.92 Å². The lowest BCUT2D eigenvalue weighted by Gasteiger charge is -2.01. The van der Waals surface area contributed by atoms with Gasteiger partial charge in [0.1, 0.15) is 11.1 Å². The van der Waals surface area contributed by atoms with E-state index in [0.717, 1.165) is 15.7 Å². The average molecular weight is 478 g/mol. The van der Waals surface area contributed by atoms with Crippen LogP contribution in [0.4, 0.5) is 5.69 Å². The van der Waals surface area contributed by atoms with E-state index in [-0.39, 0.29) is 5.69 Å². The number of nitrogens with one attached hydrogen (secondary N) is 1. The van der Waals surface area contributed by atoms with Crippen molar-refractivity contribution in [2.45, 2.75) is 0 Å². The Balaban J connectivity index is 1.69. The summed E-state index contributed by atoms with van der Waals surface area (Å²) in [6.07, 6.45) is 3.26. The van der Waals surface area contributed by atoms with Gasteiger partial charge in [0.05, 0.1) is 28.1 Å². The smallest absolute Gasteiger partial charge is 0.270 e. The van der Waals surface area contributed by atoms with E-state index in [4.69, 9.17) is 0 Å². The fourth-order valence-corrected chi connectivity index (χ4v) is 3.92. The summed E-state index contributed by atoms with van der Waals surface area (Å²) in [6.45, 7) is 0. The van der Waals surface area contributed by atoms with Crippen LogP contribution >= 0.6 is 27.3 Å². The van der Waals surface area contributed by atoms with E-state index in [2.05, 4.69) is 37.2 Å². The molecule has 9 heteroatoms. The maximum atomic E-state index is 11.1. The Morgan fingerprint density at radius 2 is 2.03 bits per heavy atom. The van der Waals surface area contributed by atoms with Crippen molar-refractivity contribution in [1.82, 2.24) is 15.2 Å². The minimum Gasteiger partial charge on any atom is -0.277 e. The number of nitriles is 1. The molecule has 30 heavy (non-hydrogen) atoms. The van der Waals surface area contributed by atoms with Crippen LogP contribution in [0.5, 0.6) is 0 Å². The molecule has 0 fully saturated rings. The summed E-state index contributed by atoms with van der Waals surface area (Å²) in [4.78, 5) is 15.2. The number of hydrogen-bond donors (Lipinski definition) is 1. The number of nitro groups is 1. The standard InChI is InChI=1S/C21H12BrN5O2S/c22-17-6-4-13(5-7-17)19-12-30-21(25-19)15(10-23)8-16-11-24-26-20(16)14-2-1-3-18(9-14)27(28)29/h1-9,11-12H,(H,24,26). The van der Waals surface area contributed by atoms with Gasteiger partial charge in [-0.1, -0.05) is 40.2 Å². The fraction of sp³-hybridized carbons (Fsp3) is 0. The quantitative estimate of drug-likeness (QED) is 0.217. The molecule has 1 N–H and O–H groups in total. The van der Waals surface area contributed by atoms with Gasteiger partial charge in [-0.15, -0.1) is 11.3 Å². The Morgan fingerprint density at radius 3 is 2.77 bits per heavy atom. The molecule has 0 spiro atoms. The zero-order chi connectivity index (χ0) is 21.1. The third kappa shape index (κ3) is 4.05. The molecule has 0 saturated heterocycles. The van der Waals surface area contributed by atoms with Gasteiger partial charge in [0.25, 0.3) is 5.69 Å². The first-order valence-electron chi connectivity index (χ1n) is 8.67. The summed E-state index contributed by atoms with van der Waals surface area (Å²) in [5, 5.41) is 30.2. The average Bonchev–Trinajstić information content (AvgIpc) is 3.42. The van der Waals surface area contributed by atoms with Crippen LogP contribution in [0.3, 0.4) is 0 Å². The molecular weight excluding hydrogens is 466 g/mol. The predicted octanol–water partition coefficient (Wildman–Crippen LogP) is 5.94. The van der Waals surface area contributed by atoms with Gasteiger partial charge in [0, 0.05) is 38.7 Å². The second kappa shape index (κ2) is 8.41. The maximum absolute atomic E-state index is 11.1. The molecule has 0 aliphatic rings. The molecule has 0 amide bonds. The van der Waals surface area contributed by atoms with Crippen LogP contribution in [0.1, 0.15) is 10.6 Å². The third-order valence-electron chi connectivity index (χ3n) is 4.31. The summed E-state index contributed by atoms with van der Waals surface area (Å²) < 4.78 is 0.980. The Labute approximate surface area is 183 Å². The molecule has 2 aromatic carbocycles. The van der Waals surface area contributed by atoms with Crippen LogP contribution in [0.15, 0.2) is 64.6 Å². The molecule has 7 nitrogen and oxygen atoms in total. The minimum absolute atomic E-state index is 0.0170. The van der Waals surface area contributed by atoms with E-state index in [1.54, 1.807) is 24.4 Å². The van der Waals surface area contributed by atoms with Gasteiger partial charge < -0.3 is 0 Å². The van der Waals surface area contributed by atoms with Gasteiger partial charge in [-0.2, -0.15) is 10.4 Å². The molecule has 0 atom stereocenters. The molecule has 4 aromatic rings. The zero-order valence-corrected chi connectivity index (χ0v) is 17.6. The van der Waals surface area contributed by atoms with Gasteiger partial charge in [-0.05, 0) is 18.2 Å². The fourth-order valence-electron chi connectivity index (χ4n) is 2.86. The number of aromatic amines is 1. The van der Waals surface area contributed by atoms with Crippen molar-refractivity contribution < 1.29 is 4.92 Å². The van der Waals surface area contributed by atoms with Crippen molar-refractivity contribution in [3.8, 4) is 28.6 Å². The number of nitro benzene ring substituents is 1. The van der Waals surface area contributed by atoms with Crippen LogP contribution in [0, 0.1) is 21.4 Å². The lowest BCUT2D eigenvalue weighted by atomic mass is 10.1. The summed E-state index contributed by atoms with van der Waals surface area (Å²) >= 11 is 4.79. The predicted molar refractivity (Wildman–Crippen MR) is 119 cm³/mol. The maximum Gasteiger partial charge on any atom is 0.270 e. The number of H-pyrrole nitrogens is 1. The third-order valence-corrected chi connectivity index (χ3v) is 5.71. The number of thiazole rings is 1. The highest BCUT2D eigenvalue weighted by molar-refractivity contribution is 9.10. The Kier molecular flexibility index (Phi) is 5.52. The number of benzene rings is 2. The number of halogens is 1. The van der Waals surface area contributed by atoms with E-state index >= 15 is 0 Å². The largest absolute Gasteiger partial charge is 0.277 e. The van der Waals surface area contributed by atoms with Gasteiger partial charge in [0.2, 0.25) is 0 Å². The Morgan fingerprint density at radius 1 is 1.23 bits per heavy atom. The molecule has 0 radical (unpaired) electrons. The topological polar surface area (TPSA) is 108 Å². The van der Waals surface area contributed by atoms with E-state index in [0.29, 0.717) is 27.4 Å². The Bertz CT molecular complexity index is 1300. The summed E-state index contributed by atoms with van der Waals surface area (Å²) in [5.41, 5.74) is 3.96. The molecule has 2 heterocycles. The summed E-state index contributed by atoms with van der Waals surface area (Å²) in [7, 11) is 0. The monoisotopic (exact) mass is 477 g/mol. The van der Waals surface area contributed by atoms with Crippen LogP contribution < -0.4 is 0 Å². The lowest BCUT2D eigenvalue weighted by Crippen LogP contribution is -1.89. The Hall–Kier alpha value is -3.61. The van der Waals surface area contributed by atoms with Crippen molar-refractivity contribution >= 4 is 44.6 Å². The number of allylic oxidation sites excluding steroid dienone is 1. The zero-order valence-electron chi connectivity index (χ0n) is 15.2. The summed E-state index contributed by atoms with van der Waals surface area (Å²) in [6, 6.07) is 16.2. The molecule has 4 rings (SSSR count). The second-order valence-corrected chi connectivity index (χ2v) is 8.00. The van der Waals surface area contributed by atoms with Gasteiger partial charge in [0.15, 0.2) is 0 Å². The number of hydrogen-bond acceptors (Lipinski definition) is 6. The molecule has 0 unspecified atom stereocenters. The molecule has 2 aromatic heterocycles. The first kappa shape index (κ1) is 19.7. The SMILES string of the molecule is N#CC(=Cc1cn[nH]c1-c1cccc([N+](=O)[O-])c1)c1nc(-c2ccc(Br)cc2)cs1. The van der Waals surface area contributed by atoms with Crippen LogP contribution in [-0.4, -0.2) is 20.1 Å². The molecule has 146 valence electrons. The highest BCUT2D eigenvalue weighted by Crippen LogP contribution is 2.31. The van der Waals surface area contributed by atoms with Gasteiger partial charge >= 0.3 is 0 Å². The number of nitrogens with zero attached hydrogens (tertiary/aromatic N) is 4. The molecule has 0 bridgehead atoms.